The molecule has 0 saturated heterocycles. The Morgan fingerprint density at radius 3 is 2.88 bits per heavy atom. The molecule has 8 nitrogen and oxygen atoms in total. The summed E-state index contributed by atoms with van der Waals surface area (Å²) in [5, 5.41) is 4.27. The quantitative estimate of drug-likeness (QED) is 0.326. The molecule has 4 aromatic rings. The van der Waals surface area contributed by atoms with Gasteiger partial charge in [-0.05, 0) is 30.2 Å². The van der Waals surface area contributed by atoms with Crippen molar-refractivity contribution in [2.75, 3.05) is 24.3 Å². The molecule has 0 fully saturated rings. The number of ether oxygens (including phenoxy) is 2. The number of thiophene rings is 1. The Bertz CT molecular complexity index is 1410. The number of carbonyl (C=O) groups excluding carboxylic acids is 1. The molecule has 0 saturated carbocycles. The van der Waals surface area contributed by atoms with Crippen molar-refractivity contribution >= 4 is 55.1 Å². The largest absolute Gasteiger partial charge is 0.486 e. The van der Waals surface area contributed by atoms with Crippen molar-refractivity contribution < 1.29 is 14.3 Å². The number of aromatic nitrogens is 3. The number of amides is 1. The molecule has 1 aliphatic heterocycles. The third kappa shape index (κ3) is 4.40. The third-order valence-corrected chi connectivity index (χ3v) is 7.09. The van der Waals surface area contributed by atoms with E-state index in [1.54, 1.807) is 29.0 Å². The van der Waals surface area contributed by atoms with Crippen LogP contribution in [0.1, 0.15) is 13.8 Å². The SMILES string of the molecule is CC(C)Cn1c(SCC(=O)Nc2ccc3c(c2)OCCO3)nc2c(sc3ncccc32)c1=O. The fraction of sp³-hybridized carbons (Fsp3) is 0.304. The molecule has 0 unspecified atom stereocenters. The highest BCUT2D eigenvalue weighted by Crippen LogP contribution is 2.33. The molecule has 3 aromatic heterocycles. The summed E-state index contributed by atoms with van der Waals surface area (Å²) in [7, 11) is 0. The van der Waals surface area contributed by atoms with Crippen LogP contribution in [0.4, 0.5) is 5.69 Å². The van der Waals surface area contributed by atoms with Crippen LogP contribution in [0.25, 0.3) is 20.4 Å². The van der Waals surface area contributed by atoms with Crippen LogP contribution in [0.15, 0.2) is 46.5 Å². The topological polar surface area (TPSA) is 95.3 Å². The number of carbonyl (C=O) groups is 1. The summed E-state index contributed by atoms with van der Waals surface area (Å²) in [6.07, 6.45) is 1.71. The minimum Gasteiger partial charge on any atom is -0.486 e. The second kappa shape index (κ2) is 9.03. The van der Waals surface area contributed by atoms with Gasteiger partial charge in [-0.2, -0.15) is 0 Å². The van der Waals surface area contributed by atoms with E-state index in [9.17, 15) is 9.59 Å². The molecule has 0 bridgehead atoms. The van der Waals surface area contributed by atoms with E-state index < -0.39 is 0 Å². The fourth-order valence-corrected chi connectivity index (χ4v) is 5.46. The van der Waals surface area contributed by atoms with Crippen LogP contribution >= 0.6 is 23.1 Å². The summed E-state index contributed by atoms with van der Waals surface area (Å²) in [6.45, 7) is 5.61. The normalized spacial score (nSPS) is 13.1. The minimum absolute atomic E-state index is 0.0913. The number of anilines is 1. The number of hydrogen-bond donors (Lipinski definition) is 1. The number of nitrogens with zero attached hydrogens (tertiary/aromatic N) is 3. The van der Waals surface area contributed by atoms with E-state index in [4.69, 9.17) is 14.5 Å². The Balaban J connectivity index is 1.41. The number of hydrogen-bond acceptors (Lipinski definition) is 8. The summed E-state index contributed by atoms with van der Waals surface area (Å²) in [5.74, 6) is 1.45. The highest BCUT2D eigenvalue weighted by Gasteiger charge is 2.19. The lowest BCUT2D eigenvalue weighted by Crippen LogP contribution is -2.25. The molecule has 170 valence electrons. The first-order valence-electron chi connectivity index (χ1n) is 10.6. The van der Waals surface area contributed by atoms with Crippen molar-refractivity contribution in [2.45, 2.75) is 25.5 Å². The lowest BCUT2D eigenvalue weighted by molar-refractivity contribution is -0.113. The maximum Gasteiger partial charge on any atom is 0.272 e. The Morgan fingerprint density at radius 1 is 1.24 bits per heavy atom. The fourth-order valence-electron chi connectivity index (χ4n) is 3.63. The van der Waals surface area contributed by atoms with E-state index in [0.717, 1.165) is 10.2 Å². The molecule has 0 atom stereocenters. The summed E-state index contributed by atoms with van der Waals surface area (Å²) < 4.78 is 13.4. The van der Waals surface area contributed by atoms with Crippen LogP contribution in [0, 0.1) is 5.92 Å². The van der Waals surface area contributed by atoms with E-state index in [-0.39, 0.29) is 23.1 Å². The van der Waals surface area contributed by atoms with Gasteiger partial charge in [-0.15, -0.1) is 11.3 Å². The third-order valence-electron chi connectivity index (χ3n) is 5.02. The average molecular weight is 483 g/mol. The number of fused-ring (bicyclic) bond motifs is 4. The molecule has 0 spiro atoms. The summed E-state index contributed by atoms with van der Waals surface area (Å²) in [6, 6.07) is 9.07. The highest BCUT2D eigenvalue weighted by atomic mass is 32.2. The number of rotatable bonds is 6. The average Bonchev–Trinajstić information content (AvgIpc) is 3.18. The van der Waals surface area contributed by atoms with E-state index in [0.29, 0.717) is 52.3 Å². The first-order chi connectivity index (χ1) is 16.0. The molecule has 10 heteroatoms. The molecular weight excluding hydrogens is 460 g/mol. The molecule has 1 aliphatic rings. The lowest BCUT2D eigenvalue weighted by atomic mass is 10.2. The van der Waals surface area contributed by atoms with Gasteiger partial charge in [-0.25, -0.2) is 9.97 Å². The van der Waals surface area contributed by atoms with Gasteiger partial charge < -0.3 is 14.8 Å². The summed E-state index contributed by atoms with van der Waals surface area (Å²) in [4.78, 5) is 35.9. The Morgan fingerprint density at radius 2 is 2.06 bits per heavy atom. The molecule has 5 rings (SSSR count). The van der Waals surface area contributed by atoms with E-state index in [1.165, 1.54) is 23.1 Å². The zero-order valence-corrected chi connectivity index (χ0v) is 19.8. The first-order valence-corrected chi connectivity index (χ1v) is 12.4. The summed E-state index contributed by atoms with van der Waals surface area (Å²) >= 11 is 2.61. The van der Waals surface area contributed by atoms with Gasteiger partial charge >= 0.3 is 0 Å². The van der Waals surface area contributed by atoms with Gasteiger partial charge in [0.2, 0.25) is 5.91 Å². The molecular formula is C23H22N4O4S2. The van der Waals surface area contributed by atoms with Crippen molar-refractivity contribution in [1.82, 2.24) is 14.5 Å². The minimum atomic E-state index is -0.195. The van der Waals surface area contributed by atoms with E-state index >= 15 is 0 Å². The van der Waals surface area contributed by atoms with Crippen LogP contribution in [-0.2, 0) is 11.3 Å². The molecule has 0 aliphatic carbocycles. The van der Waals surface area contributed by atoms with Crippen LogP contribution in [0.3, 0.4) is 0 Å². The van der Waals surface area contributed by atoms with Crippen molar-refractivity contribution in [3.05, 3.63) is 46.9 Å². The van der Waals surface area contributed by atoms with E-state index in [1.807, 2.05) is 26.0 Å². The van der Waals surface area contributed by atoms with Gasteiger partial charge in [0, 0.05) is 29.9 Å². The second-order valence-corrected chi connectivity index (χ2v) is 9.98. The summed E-state index contributed by atoms with van der Waals surface area (Å²) in [5.41, 5.74) is 1.18. The molecule has 1 amide bonds. The monoisotopic (exact) mass is 482 g/mol. The van der Waals surface area contributed by atoms with Crippen LogP contribution in [0.5, 0.6) is 11.5 Å². The molecule has 4 heterocycles. The van der Waals surface area contributed by atoms with Crippen molar-refractivity contribution in [2.24, 2.45) is 5.92 Å². The number of thioether (sulfide) groups is 1. The van der Waals surface area contributed by atoms with Gasteiger partial charge in [0.15, 0.2) is 16.7 Å². The van der Waals surface area contributed by atoms with Gasteiger partial charge in [0.1, 0.15) is 22.7 Å². The lowest BCUT2D eigenvalue weighted by Gasteiger charge is -2.19. The first kappa shape index (κ1) is 21.7. The standard InChI is InChI=1S/C23H22N4O4S2/c1-13(2)11-27-22(29)20-19(15-4-3-7-24-21(15)33-20)26-23(27)32-12-18(28)25-14-5-6-16-17(10-14)31-9-8-30-16/h3-7,10,13H,8-9,11-12H2,1-2H3,(H,25,28). The second-order valence-electron chi connectivity index (χ2n) is 8.04. The van der Waals surface area contributed by atoms with Gasteiger partial charge in [0.05, 0.1) is 11.3 Å². The van der Waals surface area contributed by atoms with Crippen molar-refractivity contribution in [3.63, 3.8) is 0 Å². The van der Waals surface area contributed by atoms with Gasteiger partial charge in [0.25, 0.3) is 5.56 Å². The zero-order valence-electron chi connectivity index (χ0n) is 18.2. The van der Waals surface area contributed by atoms with Crippen LogP contribution < -0.4 is 20.3 Å². The van der Waals surface area contributed by atoms with E-state index in [2.05, 4.69) is 10.3 Å². The number of benzene rings is 1. The predicted octanol–water partition coefficient (Wildman–Crippen LogP) is 4.16. The molecule has 1 N–H and O–H groups in total. The van der Waals surface area contributed by atoms with Crippen LogP contribution in [-0.4, -0.2) is 39.4 Å². The highest BCUT2D eigenvalue weighted by molar-refractivity contribution is 7.99. The van der Waals surface area contributed by atoms with Gasteiger partial charge in [-0.3, -0.25) is 14.2 Å². The maximum atomic E-state index is 13.3. The zero-order chi connectivity index (χ0) is 22.9. The van der Waals surface area contributed by atoms with Crippen LogP contribution in [0.2, 0.25) is 0 Å². The predicted molar refractivity (Wildman–Crippen MR) is 131 cm³/mol. The Hall–Kier alpha value is -3.11. The molecule has 1 aromatic carbocycles. The number of nitrogens with one attached hydrogen (secondary N) is 1. The number of pyridine rings is 1. The smallest absolute Gasteiger partial charge is 0.272 e. The Labute approximate surface area is 197 Å². The van der Waals surface area contributed by atoms with Crippen molar-refractivity contribution in [1.29, 1.82) is 0 Å². The van der Waals surface area contributed by atoms with Gasteiger partial charge in [-0.1, -0.05) is 25.6 Å². The Kier molecular flexibility index (Phi) is 5.94. The van der Waals surface area contributed by atoms with Crippen molar-refractivity contribution in [3.8, 4) is 11.5 Å². The molecule has 0 radical (unpaired) electrons. The molecule has 33 heavy (non-hydrogen) atoms. The maximum absolute atomic E-state index is 13.3.